The summed E-state index contributed by atoms with van der Waals surface area (Å²) >= 11 is 0. The van der Waals surface area contributed by atoms with Crippen molar-refractivity contribution in [1.82, 2.24) is 0 Å². The molecule has 1 unspecified atom stereocenters. The third kappa shape index (κ3) is 3.28. The lowest BCUT2D eigenvalue weighted by Gasteiger charge is -2.08. The molecule has 0 aromatic heterocycles. The van der Waals surface area contributed by atoms with E-state index in [4.69, 9.17) is 10.00 Å². The number of ether oxygens (including phenoxy) is 1. The SMILES string of the molecule is COc1cc(CCC(C)C#N)ccc1C. The molecule has 80 valence electrons. The minimum Gasteiger partial charge on any atom is -0.496 e. The molecule has 1 aromatic carbocycles. The van der Waals surface area contributed by atoms with Gasteiger partial charge in [0.05, 0.1) is 13.2 Å². The maximum atomic E-state index is 8.68. The highest BCUT2D eigenvalue weighted by Gasteiger charge is 2.03. The Kier molecular flexibility index (Phi) is 4.17. The lowest BCUT2D eigenvalue weighted by Crippen LogP contribution is -1.95. The maximum Gasteiger partial charge on any atom is 0.122 e. The van der Waals surface area contributed by atoms with Crippen LogP contribution in [0.2, 0.25) is 0 Å². The predicted molar refractivity (Wildman–Crippen MR) is 60.8 cm³/mol. The second-order valence-corrected chi connectivity index (χ2v) is 3.87. The molecule has 1 atom stereocenters. The topological polar surface area (TPSA) is 33.0 Å². The molecule has 0 saturated heterocycles. The zero-order valence-electron chi connectivity index (χ0n) is 9.58. The summed E-state index contributed by atoms with van der Waals surface area (Å²) in [4.78, 5) is 0. The third-order valence-corrected chi connectivity index (χ3v) is 2.56. The first-order valence-electron chi connectivity index (χ1n) is 5.20. The molecule has 0 saturated carbocycles. The Balaban J connectivity index is 2.67. The van der Waals surface area contributed by atoms with Crippen molar-refractivity contribution in [2.75, 3.05) is 7.11 Å². The fourth-order valence-corrected chi connectivity index (χ4v) is 1.47. The molecule has 0 spiro atoms. The second kappa shape index (κ2) is 5.41. The van der Waals surface area contributed by atoms with Gasteiger partial charge in [0, 0.05) is 5.92 Å². The van der Waals surface area contributed by atoms with Crippen molar-refractivity contribution in [1.29, 1.82) is 5.26 Å². The highest BCUT2D eigenvalue weighted by atomic mass is 16.5. The first-order valence-corrected chi connectivity index (χ1v) is 5.20. The van der Waals surface area contributed by atoms with Crippen molar-refractivity contribution < 1.29 is 4.74 Å². The molecule has 15 heavy (non-hydrogen) atoms. The summed E-state index contributed by atoms with van der Waals surface area (Å²) in [6, 6.07) is 8.46. The van der Waals surface area contributed by atoms with Gasteiger partial charge in [-0.2, -0.15) is 5.26 Å². The Bertz CT molecular complexity index is 365. The molecular formula is C13H17NO. The average molecular weight is 203 g/mol. The van der Waals surface area contributed by atoms with Crippen molar-refractivity contribution in [3.63, 3.8) is 0 Å². The van der Waals surface area contributed by atoms with Crippen molar-refractivity contribution in [2.45, 2.75) is 26.7 Å². The van der Waals surface area contributed by atoms with Gasteiger partial charge in [-0.05, 0) is 43.9 Å². The molecule has 2 heteroatoms. The van der Waals surface area contributed by atoms with Gasteiger partial charge in [-0.15, -0.1) is 0 Å². The van der Waals surface area contributed by atoms with Crippen LogP contribution in [0, 0.1) is 24.2 Å². The Morgan fingerprint density at radius 1 is 1.47 bits per heavy atom. The highest BCUT2D eigenvalue weighted by Crippen LogP contribution is 2.20. The molecule has 0 aliphatic carbocycles. The van der Waals surface area contributed by atoms with E-state index in [1.165, 1.54) is 5.56 Å². The Morgan fingerprint density at radius 3 is 2.80 bits per heavy atom. The molecule has 0 aliphatic rings. The molecule has 2 nitrogen and oxygen atoms in total. The van der Waals surface area contributed by atoms with Crippen LogP contribution in [-0.4, -0.2) is 7.11 Å². The van der Waals surface area contributed by atoms with E-state index in [2.05, 4.69) is 24.3 Å². The van der Waals surface area contributed by atoms with E-state index < -0.39 is 0 Å². The summed E-state index contributed by atoms with van der Waals surface area (Å²) in [5.41, 5.74) is 2.38. The first kappa shape index (κ1) is 11.6. The van der Waals surface area contributed by atoms with Gasteiger partial charge in [-0.25, -0.2) is 0 Å². The largest absolute Gasteiger partial charge is 0.496 e. The molecule has 0 fully saturated rings. The van der Waals surface area contributed by atoms with E-state index in [9.17, 15) is 0 Å². The highest BCUT2D eigenvalue weighted by molar-refractivity contribution is 5.36. The van der Waals surface area contributed by atoms with E-state index in [1.54, 1.807) is 7.11 Å². The van der Waals surface area contributed by atoms with Crippen LogP contribution in [-0.2, 0) is 6.42 Å². The molecule has 1 aromatic rings. The second-order valence-electron chi connectivity index (χ2n) is 3.87. The monoisotopic (exact) mass is 203 g/mol. The van der Waals surface area contributed by atoms with Gasteiger partial charge in [-0.3, -0.25) is 0 Å². The van der Waals surface area contributed by atoms with Crippen molar-refractivity contribution in [2.24, 2.45) is 5.92 Å². The quantitative estimate of drug-likeness (QED) is 0.753. The van der Waals surface area contributed by atoms with E-state index in [-0.39, 0.29) is 5.92 Å². The fraction of sp³-hybridized carbons (Fsp3) is 0.462. The number of nitriles is 1. The zero-order valence-corrected chi connectivity index (χ0v) is 9.58. The van der Waals surface area contributed by atoms with Crippen molar-refractivity contribution in [3.05, 3.63) is 29.3 Å². The van der Waals surface area contributed by atoms with Crippen LogP contribution in [0.4, 0.5) is 0 Å². The number of hydrogen-bond acceptors (Lipinski definition) is 2. The summed E-state index contributed by atoms with van der Waals surface area (Å²) in [6.45, 7) is 3.98. The number of aryl methyl sites for hydroxylation is 2. The first-order chi connectivity index (χ1) is 7.17. The molecule has 0 aliphatic heterocycles. The lowest BCUT2D eigenvalue weighted by molar-refractivity contribution is 0.411. The molecule has 0 amide bonds. The molecule has 0 N–H and O–H groups in total. The lowest BCUT2D eigenvalue weighted by atomic mass is 10.0. The number of nitrogens with zero attached hydrogens (tertiary/aromatic N) is 1. The minimum atomic E-state index is 0.122. The van der Waals surface area contributed by atoms with Crippen LogP contribution < -0.4 is 4.74 Å². The molecular weight excluding hydrogens is 186 g/mol. The van der Waals surface area contributed by atoms with Gasteiger partial charge >= 0.3 is 0 Å². The Labute approximate surface area is 91.5 Å². The third-order valence-electron chi connectivity index (χ3n) is 2.56. The number of rotatable bonds is 4. The smallest absolute Gasteiger partial charge is 0.122 e. The number of methoxy groups -OCH3 is 1. The Morgan fingerprint density at radius 2 is 2.20 bits per heavy atom. The summed E-state index contributed by atoms with van der Waals surface area (Å²) < 4.78 is 5.25. The summed E-state index contributed by atoms with van der Waals surface area (Å²) in [5.74, 6) is 1.05. The maximum absolute atomic E-state index is 8.68. The molecule has 1 rings (SSSR count). The van der Waals surface area contributed by atoms with Crippen molar-refractivity contribution in [3.8, 4) is 11.8 Å². The van der Waals surface area contributed by atoms with Crippen LogP contribution in [0.5, 0.6) is 5.75 Å². The standard InChI is InChI=1S/C13H17NO/c1-10(9-14)4-6-12-7-5-11(2)13(8-12)15-3/h5,7-8,10H,4,6H2,1-3H3. The Hall–Kier alpha value is -1.49. The van der Waals surface area contributed by atoms with Gasteiger partial charge in [0.2, 0.25) is 0 Å². The van der Waals surface area contributed by atoms with E-state index >= 15 is 0 Å². The van der Waals surface area contributed by atoms with E-state index in [1.807, 2.05) is 13.8 Å². The minimum absolute atomic E-state index is 0.122. The fourth-order valence-electron chi connectivity index (χ4n) is 1.47. The van der Waals surface area contributed by atoms with Gasteiger partial charge < -0.3 is 4.74 Å². The van der Waals surface area contributed by atoms with Crippen LogP contribution in [0.3, 0.4) is 0 Å². The predicted octanol–water partition coefficient (Wildman–Crippen LogP) is 3.10. The van der Waals surface area contributed by atoms with E-state index in [0.29, 0.717) is 0 Å². The van der Waals surface area contributed by atoms with Crippen molar-refractivity contribution >= 4 is 0 Å². The van der Waals surface area contributed by atoms with Gasteiger partial charge in [0.15, 0.2) is 0 Å². The van der Waals surface area contributed by atoms with E-state index in [0.717, 1.165) is 24.2 Å². The number of hydrogen-bond donors (Lipinski definition) is 0. The normalized spacial score (nSPS) is 11.9. The van der Waals surface area contributed by atoms with Crippen LogP contribution >= 0.6 is 0 Å². The molecule has 0 heterocycles. The van der Waals surface area contributed by atoms with Crippen LogP contribution in [0.15, 0.2) is 18.2 Å². The van der Waals surface area contributed by atoms with Crippen LogP contribution in [0.1, 0.15) is 24.5 Å². The van der Waals surface area contributed by atoms with Gasteiger partial charge in [0.1, 0.15) is 5.75 Å². The summed E-state index contributed by atoms with van der Waals surface area (Å²) in [6.07, 6.45) is 1.84. The molecule has 0 radical (unpaired) electrons. The van der Waals surface area contributed by atoms with Gasteiger partial charge in [-0.1, -0.05) is 12.1 Å². The molecule has 0 bridgehead atoms. The van der Waals surface area contributed by atoms with Gasteiger partial charge in [0.25, 0.3) is 0 Å². The van der Waals surface area contributed by atoms with Crippen LogP contribution in [0.25, 0.3) is 0 Å². The summed E-state index contributed by atoms with van der Waals surface area (Å²) in [5, 5.41) is 8.68. The average Bonchev–Trinajstić information content (AvgIpc) is 2.27. The number of benzene rings is 1. The summed E-state index contributed by atoms with van der Waals surface area (Å²) in [7, 11) is 1.68. The zero-order chi connectivity index (χ0) is 11.3.